The third-order valence-electron chi connectivity index (χ3n) is 5.15. The number of rotatable bonds is 5. The predicted octanol–water partition coefficient (Wildman–Crippen LogP) is 5.53. The van der Waals surface area contributed by atoms with Crippen molar-refractivity contribution >= 4 is 11.3 Å². The monoisotopic (exact) mass is 367 g/mol. The summed E-state index contributed by atoms with van der Waals surface area (Å²) in [5.74, 6) is 0.753. The van der Waals surface area contributed by atoms with Crippen LogP contribution in [0.5, 0.6) is 5.75 Å². The van der Waals surface area contributed by atoms with Gasteiger partial charge in [0.05, 0.1) is 0 Å². The number of nitrogens with one attached hydrogen (secondary N) is 1. The molecule has 1 aromatic heterocycles. The third-order valence-corrected chi connectivity index (χ3v) is 6.15. The van der Waals surface area contributed by atoms with Gasteiger partial charge < -0.3 is 10.1 Å². The molecular weight excluding hydrogens is 345 g/mol. The highest BCUT2D eigenvalue weighted by molar-refractivity contribution is 7.10. The molecule has 2 aromatic carbocycles. The second kappa shape index (κ2) is 7.60. The standard InChI is InChI=1S/C22H22FNOS/c1-24-21-18-13-14-26-20(18)12-11-19(21)22(15-5-3-2-4-6-15)25-17-9-7-16(23)8-10-17/h2-10,13-14,19,21-22,24H,11-12H2,1H3. The van der Waals surface area contributed by atoms with Gasteiger partial charge in [-0.15, -0.1) is 11.3 Å². The van der Waals surface area contributed by atoms with E-state index in [1.165, 1.54) is 22.6 Å². The van der Waals surface area contributed by atoms with Crippen molar-refractivity contribution in [2.45, 2.75) is 25.0 Å². The Morgan fingerprint density at radius 1 is 1.08 bits per heavy atom. The Morgan fingerprint density at radius 2 is 1.85 bits per heavy atom. The van der Waals surface area contributed by atoms with Crippen molar-refractivity contribution in [2.24, 2.45) is 5.92 Å². The largest absolute Gasteiger partial charge is 0.485 e. The van der Waals surface area contributed by atoms with Gasteiger partial charge >= 0.3 is 0 Å². The maximum absolute atomic E-state index is 13.3. The minimum Gasteiger partial charge on any atom is -0.485 e. The molecule has 26 heavy (non-hydrogen) atoms. The Labute approximate surface area is 157 Å². The summed E-state index contributed by atoms with van der Waals surface area (Å²) in [6, 6.07) is 19.1. The second-order valence-corrected chi connectivity index (χ2v) is 7.67. The summed E-state index contributed by atoms with van der Waals surface area (Å²) >= 11 is 1.84. The second-order valence-electron chi connectivity index (χ2n) is 6.67. The van der Waals surface area contributed by atoms with Crippen molar-refractivity contribution in [1.29, 1.82) is 0 Å². The Bertz CT molecular complexity index is 846. The summed E-state index contributed by atoms with van der Waals surface area (Å²) in [7, 11) is 2.02. The topological polar surface area (TPSA) is 21.3 Å². The van der Waals surface area contributed by atoms with E-state index in [1.54, 1.807) is 12.1 Å². The van der Waals surface area contributed by atoms with Gasteiger partial charge in [0.15, 0.2) is 0 Å². The number of ether oxygens (including phenoxy) is 1. The summed E-state index contributed by atoms with van der Waals surface area (Å²) in [5, 5.41) is 5.68. The smallest absolute Gasteiger partial charge is 0.128 e. The molecular formula is C22H22FNOS. The van der Waals surface area contributed by atoms with E-state index in [0.29, 0.717) is 11.7 Å². The summed E-state index contributed by atoms with van der Waals surface area (Å²) in [6.45, 7) is 0. The van der Waals surface area contributed by atoms with Crippen LogP contribution >= 0.6 is 11.3 Å². The first-order valence-corrected chi connectivity index (χ1v) is 9.85. The van der Waals surface area contributed by atoms with Crippen LogP contribution in [0.4, 0.5) is 4.39 Å². The van der Waals surface area contributed by atoms with Crippen LogP contribution in [0.15, 0.2) is 66.0 Å². The average molecular weight is 367 g/mol. The molecule has 4 heteroatoms. The first kappa shape index (κ1) is 17.3. The van der Waals surface area contributed by atoms with Crippen LogP contribution < -0.4 is 10.1 Å². The Hall–Kier alpha value is -2.17. The molecule has 0 aliphatic heterocycles. The molecule has 1 aliphatic carbocycles. The zero-order valence-corrected chi connectivity index (χ0v) is 15.5. The van der Waals surface area contributed by atoms with E-state index in [4.69, 9.17) is 4.74 Å². The lowest BCUT2D eigenvalue weighted by molar-refractivity contribution is 0.0981. The number of halogens is 1. The van der Waals surface area contributed by atoms with Gasteiger partial charge in [0.25, 0.3) is 0 Å². The molecule has 3 unspecified atom stereocenters. The van der Waals surface area contributed by atoms with Crippen LogP contribution in [0, 0.1) is 11.7 Å². The molecule has 0 spiro atoms. The fourth-order valence-electron chi connectivity index (χ4n) is 3.93. The van der Waals surface area contributed by atoms with E-state index in [0.717, 1.165) is 18.4 Å². The minimum absolute atomic E-state index is 0.0906. The van der Waals surface area contributed by atoms with E-state index in [2.05, 4.69) is 28.9 Å². The number of fused-ring (bicyclic) bond motifs is 1. The van der Waals surface area contributed by atoms with Crippen molar-refractivity contribution < 1.29 is 9.13 Å². The van der Waals surface area contributed by atoms with Crippen LogP contribution in [-0.4, -0.2) is 7.05 Å². The zero-order valence-electron chi connectivity index (χ0n) is 14.7. The third kappa shape index (κ3) is 3.39. The zero-order chi connectivity index (χ0) is 17.9. The first-order chi connectivity index (χ1) is 12.8. The Kier molecular flexibility index (Phi) is 5.05. The molecule has 3 aromatic rings. The molecule has 0 saturated carbocycles. The number of aryl methyl sites for hydroxylation is 1. The normalized spacial score (nSPS) is 20.4. The van der Waals surface area contributed by atoms with Gasteiger partial charge in [0, 0.05) is 16.8 Å². The highest BCUT2D eigenvalue weighted by Gasteiger charge is 2.36. The number of hydrogen-bond donors (Lipinski definition) is 1. The molecule has 3 atom stereocenters. The SMILES string of the molecule is CNC1c2ccsc2CCC1C(Oc1ccc(F)cc1)c1ccccc1. The number of hydrogen-bond acceptors (Lipinski definition) is 3. The fourth-order valence-corrected chi connectivity index (χ4v) is 4.87. The molecule has 2 nitrogen and oxygen atoms in total. The predicted molar refractivity (Wildman–Crippen MR) is 104 cm³/mol. The van der Waals surface area contributed by atoms with Crippen molar-refractivity contribution in [3.05, 3.63) is 87.9 Å². The maximum Gasteiger partial charge on any atom is 0.128 e. The summed E-state index contributed by atoms with van der Waals surface area (Å²) in [6.07, 6.45) is 2.04. The molecule has 134 valence electrons. The van der Waals surface area contributed by atoms with E-state index in [-0.39, 0.29) is 18.0 Å². The van der Waals surface area contributed by atoms with Gasteiger partial charge in [-0.05, 0) is 66.7 Å². The number of thiophene rings is 1. The van der Waals surface area contributed by atoms with Gasteiger partial charge in [0.1, 0.15) is 17.7 Å². The summed E-state index contributed by atoms with van der Waals surface area (Å²) in [5.41, 5.74) is 2.54. The van der Waals surface area contributed by atoms with E-state index in [9.17, 15) is 4.39 Å². The molecule has 4 rings (SSSR count). The van der Waals surface area contributed by atoms with Crippen LogP contribution in [0.3, 0.4) is 0 Å². The molecule has 1 aliphatic rings. The van der Waals surface area contributed by atoms with Gasteiger partial charge in [-0.1, -0.05) is 30.3 Å². The van der Waals surface area contributed by atoms with Crippen LogP contribution in [0.1, 0.15) is 34.6 Å². The van der Waals surface area contributed by atoms with Crippen molar-refractivity contribution in [3.63, 3.8) is 0 Å². The lowest BCUT2D eigenvalue weighted by Gasteiger charge is -2.37. The van der Waals surface area contributed by atoms with Crippen LogP contribution in [-0.2, 0) is 6.42 Å². The van der Waals surface area contributed by atoms with Crippen molar-refractivity contribution in [2.75, 3.05) is 7.05 Å². The van der Waals surface area contributed by atoms with Gasteiger partial charge in [-0.3, -0.25) is 0 Å². The fraction of sp³-hybridized carbons (Fsp3) is 0.273. The van der Waals surface area contributed by atoms with Gasteiger partial charge in [-0.25, -0.2) is 4.39 Å². The Morgan fingerprint density at radius 3 is 2.58 bits per heavy atom. The summed E-state index contributed by atoms with van der Waals surface area (Å²) in [4.78, 5) is 1.47. The molecule has 0 saturated heterocycles. The van der Waals surface area contributed by atoms with E-state index >= 15 is 0 Å². The van der Waals surface area contributed by atoms with E-state index < -0.39 is 0 Å². The molecule has 0 radical (unpaired) electrons. The highest BCUT2D eigenvalue weighted by Crippen LogP contribution is 2.44. The molecule has 0 fully saturated rings. The van der Waals surface area contributed by atoms with Crippen molar-refractivity contribution in [3.8, 4) is 5.75 Å². The summed E-state index contributed by atoms with van der Waals surface area (Å²) < 4.78 is 19.7. The minimum atomic E-state index is -0.248. The van der Waals surface area contributed by atoms with Crippen LogP contribution in [0.25, 0.3) is 0 Å². The van der Waals surface area contributed by atoms with Gasteiger partial charge in [0.2, 0.25) is 0 Å². The number of benzene rings is 2. The maximum atomic E-state index is 13.3. The van der Waals surface area contributed by atoms with E-state index in [1.807, 2.05) is 36.6 Å². The molecule has 1 N–H and O–H groups in total. The van der Waals surface area contributed by atoms with Crippen molar-refractivity contribution in [1.82, 2.24) is 5.32 Å². The Balaban J connectivity index is 1.69. The van der Waals surface area contributed by atoms with Crippen LogP contribution in [0.2, 0.25) is 0 Å². The van der Waals surface area contributed by atoms with Gasteiger partial charge in [-0.2, -0.15) is 0 Å². The highest BCUT2D eigenvalue weighted by atomic mass is 32.1. The average Bonchev–Trinajstić information content (AvgIpc) is 3.16. The first-order valence-electron chi connectivity index (χ1n) is 8.97. The lowest BCUT2D eigenvalue weighted by Crippen LogP contribution is -2.35. The molecule has 0 amide bonds. The quantitative estimate of drug-likeness (QED) is 0.640. The lowest BCUT2D eigenvalue weighted by atomic mass is 9.78. The molecule has 0 bridgehead atoms. The molecule has 1 heterocycles.